The number of amides is 1. The van der Waals surface area contributed by atoms with Gasteiger partial charge < -0.3 is 10.6 Å². The van der Waals surface area contributed by atoms with Gasteiger partial charge in [-0.2, -0.15) is 0 Å². The van der Waals surface area contributed by atoms with Crippen molar-refractivity contribution >= 4 is 11.6 Å². The van der Waals surface area contributed by atoms with Gasteiger partial charge in [-0.25, -0.2) is 4.39 Å². The number of likely N-dealkylation sites (tertiary alicyclic amines) is 1. The quantitative estimate of drug-likeness (QED) is 0.736. The lowest BCUT2D eigenvalue weighted by molar-refractivity contribution is -0.133. The second-order valence-electron chi connectivity index (χ2n) is 4.24. The summed E-state index contributed by atoms with van der Waals surface area (Å²) in [5.74, 6) is -0.595. The highest BCUT2D eigenvalue weighted by Crippen LogP contribution is 2.28. The minimum Gasteiger partial charge on any atom is -0.396 e. The van der Waals surface area contributed by atoms with Crippen molar-refractivity contribution in [3.8, 4) is 0 Å². The van der Waals surface area contributed by atoms with Crippen molar-refractivity contribution in [3.05, 3.63) is 29.6 Å². The normalized spacial score (nSPS) is 21.2. The second kappa shape index (κ2) is 4.12. The first-order valence-electron chi connectivity index (χ1n) is 5.39. The summed E-state index contributed by atoms with van der Waals surface area (Å²) < 4.78 is 13.3. The van der Waals surface area contributed by atoms with E-state index < -0.39 is 5.82 Å². The molecule has 1 unspecified atom stereocenters. The Balaban J connectivity index is 2.29. The molecule has 1 aromatic carbocycles. The number of hydrogen-bond acceptors (Lipinski definition) is 2. The summed E-state index contributed by atoms with van der Waals surface area (Å²) in [6.07, 6.45) is 1.74. The maximum atomic E-state index is 13.3. The summed E-state index contributed by atoms with van der Waals surface area (Å²) in [5, 5.41) is 0. The van der Waals surface area contributed by atoms with Crippen molar-refractivity contribution in [2.75, 3.05) is 19.3 Å². The summed E-state index contributed by atoms with van der Waals surface area (Å²) in [5.41, 5.74) is 6.26. The van der Waals surface area contributed by atoms with E-state index in [1.54, 1.807) is 18.0 Å². The number of hydrogen-bond donors (Lipinski definition) is 1. The molecule has 0 saturated carbocycles. The number of piperidine rings is 1. The fourth-order valence-electron chi connectivity index (χ4n) is 2.10. The Bertz CT molecular complexity index is 419. The molecule has 0 aliphatic carbocycles. The lowest BCUT2D eigenvalue weighted by Crippen LogP contribution is -2.37. The van der Waals surface area contributed by atoms with Crippen LogP contribution in [0.25, 0.3) is 0 Å². The first-order valence-corrected chi connectivity index (χ1v) is 5.39. The summed E-state index contributed by atoms with van der Waals surface area (Å²) >= 11 is 0. The molecule has 0 aromatic heterocycles. The average molecular weight is 222 g/mol. The lowest BCUT2D eigenvalue weighted by atomic mass is 9.90. The predicted octanol–water partition coefficient (Wildman–Crippen LogP) is 1.74. The molecule has 1 aliphatic rings. The molecule has 0 bridgehead atoms. The number of carbonyl (C=O) groups excluding carboxylic acids is 1. The van der Waals surface area contributed by atoms with Crippen LogP contribution in [0.5, 0.6) is 0 Å². The zero-order valence-corrected chi connectivity index (χ0v) is 9.24. The molecule has 1 heterocycles. The molecular weight excluding hydrogens is 207 g/mol. The van der Waals surface area contributed by atoms with Crippen molar-refractivity contribution in [3.63, 3.8) is 0 Å². The van der Waals surface area contributed by atoms with E-state index in [-0.39, 0.29) is 17.5 Å². The largest absolute Gasteiger partial charge is 0.396 e. The third kappa shape index (κ3) is 1.87. The summed E-state index contributed by atoms with van der Waals surface area (Å²) in [6.45, 7) is 0.785. The Hall–Kier alpha value is -1.58. The molecule has 0 radical (unpaired) electrons. The number of halogens is 1. The van der Waals surface area contributed by atoms with Gasteiger partial charge in [-0.3, -0.25) is 4.79 Å². The molecule has 3 nitrogen and oxygen atoms in total. The number of nitrogens with two attached hydrogens (primary N) is 1. The molecule has 1 atom stereocenters. The van der Waals surface area contributed by atoms with Crippen LogP contribution >= 0.6 is 0 Å². The van der Waals surface area contributed by atoms with Gasteiger partial charge in [-0.05, 0) is 30.5 Å². The molecule has 0 spiro atoms. The van der Waals surface area contributed by atoms with Gasteiger partial charge in [-0.15, -0.1) is 0 Å². The van der Waals surface area contributed by atoms with Gasteiger partial charge in [0, 0.05) is 13.6 Å². The molecule has 1 saturated heterocycles. The third-order valence-corrected chi connectivity index (χ3v) is 3.09. The standard InChI is InChI=1S/C12H15FN2O/c1-15-6-2-3-9(12(15)16)8-4-5-11(14)10(13)7-8/h4-5,7,9H,2-3,6,14H2,1H3. The van der Waals surface area contributed by atoms with Crippen LogP contribution in [0.2, 0.25) is 0 Å². The van der Waals surface area contributed by atoms with Crippen molar-refractivity contribution in [2.45, 2.75) is 18.8 Å². The molecule has 1 amide bonds. The molecular formula is C12H15FN2O. The van der Waals surface area contributed by atoms with Crippen molar-refractivity contribution < 1.29 is 9.18 Å². The van der Waals surface area contributed by atoms with Gasteiger partial charge in [-0.1, -0.05) is 6.07 Å². The highest BCUT2D eigenvalue weighted by atomic mass is 19.1. The van der Waals surface area contributed by atoms with E-state index in [4.69, 9.17) is 5.73 Å². The minimum absolute atomic E-state index is 0.0652. The van der Waals surface area contributed by atoms with E-state index in [1.165, 1.54) is 12.1 Å². The van der Waals surface area contributed by atoms with Gasteiger partial charge in [0.2, 0.25) is 5.91 Å². The zero-order valence-electron chi connectivity index (χ0n) is 9.24. The number of benzene rings is 1. The zero-order chi connectivity index (χ0) is 11.7. The smallest absolute Gasteiger partial charge is 0.229 e. The number of likely N-dealkylation sites (N-methyl/N-ethyl adjacent to an activating group) is 1. The number of nitrogen functional groups attached to an aromatic ring is 1. The Morgan fingerprint density at radius 1 is 1.50 bits per heavy atom. The lowest BCUT2D eigenvalue weighted by Gasteiger charge is -2.29. The summed E-state index contributed by atoms with van der Waals surface area (Å²) in [4.78, 5) is 13.6. The van der Waals surface area contributed by atoms with Crippen molar-refractivity contribution in [1.29, 1.82) is 0 Å². The topological polar surface area (TPSA) is 46.3 Å². The van der Waals surface area contributed by atoms with E-state index in [0.29, 0.717) is 0 Å². The Kier molecular flexibility index (Phi) is 2.81. The molecule has 2 rings (SSSR count). The molecule has 1 aliphatic heterocycles. The van der Waals surface area contributed by atoms with Crippen LogP contribution in [0.15, 0.2) is 18.2 Å². The van der Waals surface area contributed by atoms with E-state index in [0.717, 1.165) is 24.9 Å². The molecule has 86 valence electrons. The van der Waals surface area contributed by atoms with Crippen LogP contribution in [0.1, 0.15) is 24.3 Å². The minimum atomic E-state index is -0.446. The first kappa shape index (κ1) is 10.9. The van der Waals surface area contributed by atoms with Crippen LogP contribution in [0, 0.1) is 5.82 Å². The predicted molar refractivity (Wildman–Crippen MR) is 60.4 cm³/mol. The van der Waals surface area contributed by atoms with Gasteiger partial charge >= 0.3 is 0 Å². The number of anilines is 1. The number of nitrogens with zero attached hydrogens (tertiary/aromatic N) is 1. The Morgan fingerprint density at radius 3 is 2.94 bits per heavy atom. The van der Waals surface area contributed by atoms with E-state index >= 15 is 0 Å². The molecule has 4 heteroatoms. The van der Waals surface area contributed by atoms with Gasteiger partial charge in [0.25, 0.3) is 0 Å². The number of rotatable bonds is 1. The average Bonchev–Trinajstić information content (AvgIpc) is 2.26. The van der Waals surface area contributed by atoms with Crippen LogP contribution in [0.4, 0.5) is 10.1 Å². The van der Waals surface area contributed by atoms with Crippen LogP contribution in [-0.4, -0.2) is 24.4 Å². The van der Waals surface area contributed by atoms with Gasteiger partial charge in [0.15, 0.2) is 0 Å². The highest BCUT2D eigenvalue weighted by Gasteiger charge is 2.27. The highest BCUT2D eigenvalue weighted by molar-refractivity contribution is 5.84. The molecule has 2 N–H and O–H groups in total. The Labute approximate surface area is 94.0 Å². The van der Waals surface area contributed by atoms with Crippen LogP contribution in [0.3, 0.4) is 0 Å². The summed E-state index contributed by atoms with van der Waals surface area (Å²) in [6, 6.07) is 4.63. The van der Waals surface area contributed by atoms with E-state index in [1.807, 2.05) is 0 Å². The van der Waals surface area contributed by atoms with E-state index in [9.17, 15) is 9.18 Å². The molecule has 16 heavy (non-hydrogen) atoms. The summed E-state index contributed by atoms with van der Waals surface area (Å²) in [7, 11) is 1.78. The van der Waals surface area contributed by atoms with Gasteiger partial charge in [0.1, 0.15) is 5.82 Å². The second-order valence-corrected chi connectivity index (χ2v) is 4.24. The molecule has 1 fully saturated rings. The van der Waals surface area contributed by atoms with E-state index in [2.05, 4.69) is 0 Å². The van der Waals surface area contributed by atoms with Crippen molar-refractivity contribution in [1.82, 2.24) is 4.90 Å². The van der Waals surface area contributed by atoms with Crippen LogP contribution < -0.4 is 5.73 Å². The van der Waals surface area contributed by atoms with Crippen molar-refractivity contribution in [2.24, 2.45) is 0 Å². The monoisotopic (exact) mass is 222 g/mol. The SMILES string of the molecule is CN1CCCC(c2ccc(N)c(F)c2)C1=O. The maximum absolute atomic E-state index is 13.3. The first-order chi connectivity index (χ1) is 7.59. The van der Waals surface area contributed by atoms with Crippen LogP contribution in [-0.2, 0) is 4.79 Å². The Morgan fingerprint density at radius 2 is 2.25 bits per heavy atom. The third-order valence-electron chi connectivity index (χ3n) is 3.09. The molecule has 1 aromatic rings. The fraction of sp³-hybridized carbons (Fsp3) is 0.417. The van der Waals surface area contributed by atoms with Gasteiger partial charge in [0.05, 0.1) is 11.6 Å². The maximum Gasteiger partial charge on any atom is 0.229 e. The number of carbonyl (C=O) groups is 1. The fourth-order valence-corrected chi connectivity index (χ4v) is 2.10.